The van der Waals surface area contributed by atoms with Crippen molar-refractivity contribution in [1.82, 2.24) is 20.8 Å². The van der Waals surface area contributed by atoms with Crippen LogP contribution in [0.3, 0.4) is 0 Å². The number of aryl methyl sites for hydroxylation is 1. The van der Waals surface area contributed by atoms with Gasteiger partial charge in [-0.1, -0.05) is 5.16 Å². The van der Waals surface area contributed by atoms with E-state index in [1.165, 1.54) is 0 Å². The molecule has 1 atom stereocenters. The first-order chi connectivity index (χ1) is 7.99. The molecule has 1 rings (SSSR count). The Hall–Kier alpha value is -2.16. The van der Waals surface area contributed by atoms with E-state index in [1.807, 2.05) is 0 Å². The van der Waals surface area contributed by atoms with Crippen molar-refractivity contribution in [3.05, 3.63) is 11.7 Å². The molecule has 1 aromatic rings. The zero-order valence-electron chi connectivity index (χ0n) is 9.01. The number of carboxylic acid groups (broad SMARTS) is 1. The molecular weight excluding hydrogens is 232 g/mol. The third kappa shape index (κ3) is 4.47. The van der Waals surface area contributed by atoms with Crippen molar-refractivity contribution in [2.24, 2.45) is 0 Å². The number of aliphatic hydroxyl groups excluding tert-OH is 1. The van der Waals surface area contributed by atoms with E-state index in [1.54, 1.807) is 6.92 Å². The van der Waals surface area contributed by atoms with Crippen LogP contribution < -0.4 is 10.6 Å². The summed E-state index contributed by atoms with van der Waals surface area (Å²) < 4.78 is 4.73. The highest BCUT2D eigenvalue weighted by molar-refractivity contribution is 5.76. The van der Waals surface area contributed by atoms with Crippen molar-refractivity contribution in [3.63, 3.8) is 0 Å². The number of amides is 2. The lowest BCUT2D eigenvalue weighted by Gasteiger charge is -2.07. The lowest BCUT2D eigenvalue weighted by Crippen LogP contribution is -2.41. The second kappa shape index (κ2) is 5.80. The van der Waals surface area contributed by atoms with E-state index in [9.17, 15) is 9.59 Å². The fourth-order valence-electron chi connectivity index (χ4n) is 0.907. The summed E-state index contributed by atoms with van der Waals surface area (Å²) in [6, 6.07) is -0.638. The molecule has 1 unspecified atom stereocenters. The standard InChI is InChI=1S/C8H12N4O5/c1-4-11-6(17-12-4)3-10-8(16)9-2-5(13)7(14)15/h5,13H,2-3H2,1H3,(H,14,15)(H2,9,10,16). The minimum absolute atomic E-state index is 0.0237. The van der Waals surface area contributed by atoms with Crippen molar-refractivity contribution in [1.29, 1.82) is 0 Å². The molecule has 0 radical (unpaired) electrons. The molecule has 0 aliphatic rings. The number of carbonyl (C=O) groups excluding carboxylic acids is 1. The number of hydrogen-bond donors (Lipinski definition) is 4. The number of carbonyl (C=O) groups is 2. The Morgan fingerprint density at radius 2 is 2.18 bits per heavy atom. The lowest BCUT2D eigenvalue weighted by atomic mass is 10.4. The number of nitrogens with one attached hydrogen (secondary N) is 2. The Morgan fingerprint density at radius 3 is 2.71 bits per heavy atom. The second-order valence-corrected chi connectivity index (χ2v) is 3.15. The number of hydrogen-bond acceptors (Lipinski definition) is 6. The van der Waals surface area contributed by atoms with Gasteiger partial charge in [0.2, 0.25) is 5.89 Å². The van der Waals surface area contributed by atoms with Gasteiger partial charge in [-0.05, 0) is 6.92 Å². The summed E-state index contributed by atoms with van der Waals surface area (Å²) in [4.78, 5) is 25.2. The molecular formula is C8H12N4O5. The molecule has 9 heteroatoms. The van der Waals surface area contributed by atoms with Gasteiger partial charge in [0.25, 0.3) is 0 Å². The maximum atomic E-state index is 11.1. The Balaban J connectivity index is 2.24. The van der Waals surface area contributed by atoms with Crippen LogP contribution in [-0.2, 0) is 11.3 Å². The van der Waals surface area contributed by atoms with Gasteiger partial charge in [-0.3, -0.25) is 0 Å². The van der Waals surface area contributed by atoms with E-state index >= 15 is 0 Å². The largest absolute Gasteiger partial charge is 0.479 e. The van der Waals surface area contributed by atoms with Crippen LogP contribution in [-0.4, -0.2) is 45.0 Å². The van der Waals surface area contributed by atoms with E-state index in [0.29, 0.717) is 5.82 Å². The molecule has 1 heterocycles. The normalized spacial score (nSPS) is 11.9. The molecule has 0 spiro atoms. The summed E-state index contributed by atoms with van der Waals surface area (Å²) in [7, 11) is 0. The molecule has 2 amide bonds. The van der Waals surface area contributed by atoms with Gasteiger partial charge >= 0.3 is 12.0 Å². The quantitative estimate of drug-likeness (QED) is 0.501. The topological polar surface area (TPSA) is 138 Å². The molecule has 0 saturated carbocycles. The van der Waals surface area contributed by atoms with Gasteiger partial charge in [0.15, 0.2) is 11.9 Å². The first-order valence-corrected chi connectivity index (χ1v) is 4.71. The summed E-state index contributed by atoms with van der Waals surface area (Å²) in [6.45, 7) is 1.27. The fraction of sp³-hybridized carbons (Fsp3) is 0.500. The number of rotatable bonds is 5. The fourth-order valence-corrected chi connectivity index (χ4v) is 0.907. The van der Waals surface area contributed by atoms with Gasteiger partial charge in [0.05, 0.1) is 13.1 Å². The van der Waals surface area contributed by atoms with Crippen molar-refractivity contribution in [3.8, 4) is 0 Å². The number of aliphatic carboxylic acids is 1. The van der Waals surface area contributed by atoms with Gasteiger partial charge in [-0.25, -0.2) is 9.59 Å². The first-order valence-electron chi connectivity index (χ1n) is 4.71. The molecule has 0 aromatic carbocycles. The minimum atomic E-state index is -1.63. The molecule has 0 aliphatic heterocycles. The van der Waals surface area contributed by atoms with Crippen LogP contribution in [0.5, 0.6) is 0 Å². The van der Waals surface area contributed by atoms with E-state index in [0.717, 1.165) is 0 Å². The molecule has 0 bridgehead atoms. The Morgan fingerprint density at radius 1 is 1.47 bits per heavy atom. The van der Waals surface area contributed by atoms with Crippen LogP contribution in [0.15, 0.2) is 4.52 Å². The molecule has 0 fully saturated rings. The number of nitrogens with zero attached hydrogens (tertiary/aromatic N) is 2. The van der Waals surface area contributed by atoms with Crippen LogP contribution in [0, 0.1) is 6.92 Å². The highest BCUT2D eigenvalue weighted by Gasteiger charge is 2.14. The molecule has 0 aliphatic carbocycles. The maximum Gasteiger partial charge on any atom is 0.334 e. The summed E-state index contributed by atoms with van der Waals surface area (Å²) in [5.41, 5.74) is 0. The third-order valence-electron chi connectivity index (χ3n) is 1.71. The molecule has 94 valence electrons. The molecule has 9 nitrogen and oxygen atoms in total. The van der Waals surface area contributed by atoms with Crippen LogP contribution in [0.25, 0.3) is 0 Å². The first kappa shape index (κ1) is 12.9. The van der Waals surface area contributed by atoms with Gasteiger partial charge in [0, 0.05) is 0 Å². The van der Waals surface area contributed by atoms with Crippen molar-refractivity contribution in [2.75, 3.05) is 6.54 Å². The number of carboxylic acids is 1. The summed E-state index contributed by atoms with van der Waals surface area (Å²) in [5, 5.41) is 25.3. The van der Waals surface area contributed by atoms with Gasteiger partial charge in [0.1, 0.15) is 0 Å². The predicted octanol–water partition coefficient (Wildman–Crippen LogP) is -1.38. The van der Waals surface area contributed by atoms with Gasteiger partial charge < -0.3 is 25.4 Å². The van der Waals surface area contributed by atoms with Crippen LogP contribution in [0.4, 0.5) is 4.79 Å². The van der Waals surface area contributed by atoms with E-state index in [-0.39, 0.29) is 19.0 Å². The molecule has 17 heavy (non-hydrogen) atoms. The Kier molecular flexibility index (Phi) is 4.40. The highest BCUT2D eigenvalue weighted by Crippen LogP contribution is 1.94. The third-order valence-corrected chi connectivity index (χ3v) is 1.71. The number of urea groups is 1. The SMILES string of the molecule is Cc1noc(CNC(=O)NCC(O)C(=O)O)n1. The van der Waals surface area contributed by atoms with Crippen molar-refractivity contribution in [2.45, 2.75) is 19.6 Å². The molecule has 0 saturated heterocycles. The van der Waals surface area contributed by atoms with Crippen LogP contribution in [0.1, 0.15) is 11.7 Å². The average molecular weight is 244 g/mol. The predicted molar refractivity (Wildman–Crippen MR) is 52.9 cm³/mol. The zero-order valence-corrected chi connectivity index (χ0v) is 9.01. The molecule has 4 N–H and O–H groups in total. The zero-order chi connectivity index (χ0) is 12.8. The lowest BCUT2D eigenvalue weighted by molar-refractivity contribution is -0.146. The summed E-state index contributed by atoms with van der Waals surface area (Å²) >= 11 is 0. The Bertz CT molecular complexity index is 404. The van der Waals surface area contributed by atoms with E-state index < -0.39 is 18.1 Å². The number of aliphatic hydroxyl groups is 1. The van der Waals surface area contributed by atoms with Crippen LogP contribution >= 0.6 is 0 Å². The van der Waals surface area contributed by atoms with Gasteiger partial charge in [-0.2, -0.15) is 4.98 Å². The van der Waals surface area contributed by atoms with E-state index in [4.69, 9.17) is 14.7 Å². The Labute approximate surface area is 95.8 Å². The average Bonchev–Trinajstić information content (AvgIpc) is 2.69. The van der Waals surface area contributed by atoms with E-state index in [2.05, 4.69) is 20.8 Å². The van der Waals surface area contributed by atoms with Crippen molar-refractivity contribution < 1.29 is 24.3 Å². The maximum absolute atomic E-state index is 11.1. The summed E-state index contributed by atoms with van der Waals surface area (Å²) in [5.74, 6) is -0.724. The smallest absolute Gasteiger partial charge is 0.334 e. The second-order valence-electron chi connectivity index (χ2n) is 3.15. The highest BCUT2D eigenvalue weighted by atomic mass is 16.5. The monoisotopic (exact) mass is 244 g/mol. The minimum Gasteiger partial charge on any atom is -0.479 e. The summed E-state index contributed by atoms with van der Waals surface area (Å²) in [6.07, 6.45) is -1.63. The number of aromatic nitrogens is 2. The van der Waals surface area contributed by atoms with Crippen molar-refractivity contribution >= 4 is 12.0 Å². The van der Waals surface area contributed by atoms with Crippen LogP contribution in [0.2, 0.25) is 0 Å². The molecule has 1 aromatic heterocycles. The van der Waals surface area contributed by atoms with Gasteiger partial charge in [-0.15, -0.1) is 0 Å².